The van der Waals surface area contributed by atoms with Gasteiger partial charge in [-0.1, -0.05) is 0 Å². The molecule has 0 saturated heterocycles. The number of ether oxygens (including phenoxy) is 2. The van der Waals surface area contributed by atoms with Crippen LogP contribution in [0.1, 0.15) is 37.2 Å². The highest BCUT2D eigenvalue weighted by atomic mass is 32.1. The summed E-state index contributed by atoms with van der Waals surface area (Å²) in [6.07, 6.45) is 0. The number of rotatable bonds is 4. The summed E-state index contributed by atoms with van der Waals surface area (Å²) in [6.45, 7) is 3.49. The second kappa shape index (κ2) is 6.12. The van der Waals surface area contributed by atoms with E-state index in [1.165, 1.54) is 24.5 Å². The number of fused-ring (bicyclic) bond motifs is 1. The summed E-state index contributed by atoms with van der Waals surface area (Å²) in [4.78, 5) is 25.2. The number of thiophene rings is 1. The molecule has 7 nitrogen and oxygen atoms in total. The van der Waals surface area contributed by atoms with Crippen LogP contribution in [0.4, 0.5) is 0 Å². The Morgan fingerprint density at radius 2 is 2.04 bits per heavy atom. The summed E-state index contributed by atoms with van der Waals surface area (Å²) in [5, 5.41) is 5.24. The van der Waals surface area contributed by atoms with Gasteiger partial charge in [0, 0.05) is 12.4 Å². The van der Waals surface area contributed by atoms with Gasteiger partial charge in [0.1, 0.15) is 33.4 Å². The normalized spacial score (nSPS) is 11.0. The Kier molecular flexibility index (Phi) is 4.15. The lowest BCUT2D eigenvalue weighted by Gasteiger charge is -2.00. The molecule has 3 rings (SSSR count). The van der Waals surface area contributed by atoms with Crippen LogP contribution in [0.15, 0.2) is 16.5 Å². The fourth-order valence-corrected chi connectivity index (χ4v) is 3.46. The fourth-order valence-electron chi connectivity index (χ4n) is 2.44. The number of nitrogens with zero attached hydrogens (tertiary/aromatic N) is 2. The first-order chi connectivity index (χ1) is 11.4. The van der Waals surface area contributed by atoms with E-state index in [1.807, 2.05) is 14.0 Å². The van der Waals surface area contributed by atoms with Crippen LogP contribution in [0, 0.1) is 13.8 Å². The molecule has 0 spiro atoms. The summed E-state index contributed by atoms with van der Waals surface area (Å²) in [7, 11) is 3.13. The maximum atomic E-state index is 12.2. The highest BCUT2D eigenvalue weighted by Gasteiger charge is 2.19. The molecule has 3 aromatic heterocycles. The molecule has 0 aliphatic rings. The molecule has 24 heavy (non-hydrogen) atoms. The van der Waals surface area contributed by atoms with E-state index < -0.39 is 11.9 Å². The van der Waals surface area contributed by atoms with Gasteiger partial charge in [-0.15, -0.1) is 11.3 Å². The second-order valence-electron chi connectivity index (χ2n) is 5.29. The molecule has 8 heteroatoms. The highest BCUT2D eigenvalue weighted by Crippen LogP contribution is 2.28. The Labute approximate surface area is 141 Å². The van der Waals surface area contributed by atoms with Crippen LogP contribution >= 0.6 is 11.3 Å². The number of aryl methyl sites for hydroxylation is 3. The van der Waals surface area contributed by atoms with Crippen molar-refractivity contribution < 1.29 is 23.5 Å². The molecule has 0 atom stereocenters. The predicted molar refractivity (Wildman–Crippen MR) is 87.2 cm³/mol. The van der Waals surface area contributed by atoms with Crippen LogP contribution in [0.5, 0.6) is 0 Å². The van der Waals surface area contributed by atoms with Crippen molar-refractivity contribution in [2.24, 2.45) is 7.05 Å². The maximum absolute atomic E-state index is 12.2. The number of aromatic nitrogens is 2. The molecule has 0 fully saturated rings. The van der Waals surface area contributed by atoms with E-state index in [2.05, 4.69) is 9.84 Å². The van der Waals surface area contributed by atoms with E-state index in [-0.39, 0.29) is 6.61 Å². The Bertz CT molecular complexity index is 899. The van der Waals surface area contributed by atoms with Crippen molar-refractivity contribution in [3.05, 3.63) is 39.8 Å². The van der Waals surface area contributed by atoms with Crippen LogP contribution in [0.25, 0.3) is 10.2 Å². The van der Waals surface area contributed by atoms with Crippen molar-refractivity contribution >= 4 is 33.5 Å². The van der Waals surface area contributed by atoms with Gasteiger partial charge in [0.25, 0.3) is 0 Å². The molecule has 126 valence electrons. The number of hydrogen-bond donors (Lipinski definition) is 0. The fraction of sp³-hybridized carbons (Fsp3) is 0.312. The van der Waals surface area contributed by atoms with Gasteiger partial charge in [-0.05, 0) is 26.0 Å². The molecule has 0 bridgehead atoms. The van der Waals surface area contributed by atoms with E-state index in [9.17, 15) is 9.59 Å². The number of carbonyl (C=O) groups excluding carboxylic acids is 2. The summed E-state index contributed by atoms with van der Waals surface area (Å²) in [6, 6.07) is 3.30. The lowest BCUT2D eigenvalue weighted by Crippen LogP contribution is -2.03. The molecule has 0 aliphatic carbocycles. The monoisotopic (exact) mass is 348 g/mol. The summed E-state index contributed by atoms with van der Waals surface area (Å²) in [5.41, 5.74) is 1.19. The van der Waals surface area contributed by atoms with Crippen molar-refractivity contribution in [2.45, 2.75) is 20.5 Å². The van der Waals surface area contributed by atoms with Crippen LogP contribution in [0.2, 0.25) is 0 Å². The first-order valence-corrected chi connectivity index (χ1v) is 8.00. The zero-order chi connectivity index (χ0) is 17.4. The summed E-state index contributed by atoms with van der Waals surface area (Å²) < 4.78 is 17.1. The molecule has 0 aliphatic heterocycles. The summed E-state index contributed by atoms with van der Waals surface area (Å²) >= 11 is 1.33. The first kappa shape index (κ1) is 16.3. The molecule has 0 aromatic carbocycles. The van der Waals surface area contributed by atoms with Gasteiger partial charge in [-0.2, -0.15) is 5.10 Å². The third kappa shape index (κ3) is 2.80. The molecule has 3 aromatic rings. The smallest absolute Gasteiger partial charge is 0.348 e. The predicted octanol–water partition coefficient (Wildman–Crippen LogP) is 2.99. The number of carbonyl (C=O) groups is 2. The standard InChI is InChI=1S/C16H16N2O5S/c1-8-11-6-13(24-14(11)18(3)17-8)16(20)22-7-10-5-12(9(2)23-10)15(19)21-4/h5-6H,7H2,1-4H3. The van der Waals surface area contributed by atoms with Gasteiger partial charge in [0.05, 0.1) is 12.8 Å². The van der Waals surface area contributed by atoms with Crippen LogP contribution < -0.4 is 0 Å². The van der Waals surface area contributed by atoms with Gasteiger partial charge in [-0.25, -0.2) is 9.59 Å². The third-order valence-electron chi connectivity index (χ3n) is 3.62. The third-order valence-corrected chi connectivity index (χ3v) is 4.80. The maximum Gasteiger partial charge on any atom is 0.348 e. The molecule has 0 N–H and O–H groups in total. The van der Waals surface area contributed by atoms with Gasteiger partial charge in [0.15, 0.2) is 0 Å². The zero-order valence-electron chi connectivity index (χ0n) is 13.7. The molecular weight excluding hydrogens is 332 g/mol. The minimum atomic E-state index is -0.485. The Hall–Kier alpha value is -2.61. The SMILES string of the molecule is COC(=O)c1cc(COC(=O)c2cc3c(C)nn(C)c3s2)oc1C. The average Bonchev–Trinajstić information content (AvgIpc) is 3.21. The van der Waals surface area contributed by atoms with Crippen molar-refractivity contribution in [3.8, 4) is 0 Å². The molecular formula is C16H16N2O5S. The zero-order valence-corrected chi connectivity index (χ0v) is 14.5. The Balaban J connectivity index is 1.73. The lowest BCUT2D eigenvalue weighted by molar-refractivity contribution is 0.0449. The van der Waals surface area contributed by atoms with Crippen molar-refractivity contribution in [1.82, 2.24) is 9.78 Å². The van der Waals surface area contributed by atoms with Crippen LogP contribution in [-0.4, -0.2) is 28.8 Å². The number of furan rings is 1. The van der Waals surface area contributed by atoms with Crippen molar-refractivity contribution in [3.63, 3.8) is 0 Å². The molecule has 0 radical (unpaired) electrons. The molecule has 3 heterocycles. The van der Waals surface area contributed by atoms with E-state index in [1.54, 1.807) is 17.7 Å². The van der Waals surface area contributed by atoms with E-state index in [0.29, 0.717) is 22.0 Å². The van der Waals surface area contributed by atoms with Crippen molar-refractivity contribution in [1.29, 1.82) is 0 Å². The van der Waals surface area contributed by atoms with E-state index >= 15 is 0 Å². The van der Waals surface area contributed by atoms with Gasteiger partial charge >= 0.3 is 11.9 Å². The van der Waals surface area contributed by atoms with Crippen LogP contribution in [0.3, 0.4) is 0 Å². The number of esters is 2. The minimum absolute atomic E-state index is 0.0534. The van der Waals surface area contributed by atoms with Gasteiger partial charge in [0.2, 0.25) is 0 Å². The summed E-state index contributed by atoms with van der Waals surface area (Å²) in [5.74, 6) is -0.109. The Morgan fingerprint density at radius 1 is 1.29 bits per heavy atom. The quantitative estimate of drug-likeness (QED) is 0.674. The largest absolute Gasteiger partial charge is 0.465 e. The molecule has 0 saturated carbocycles. The van der Waals surface area contributed by atoms with Crippen molar-refractivity contribution in [2.75, 3.05) is 7.11 Å². The second-order valence-corrected chi connectivity index (χ2v) is 6.32. The van der Waals surface area contributed by atoms with E-state index in [4.69, 9.17) is 9.15 Å². The highest BCUT2D eigenvalue weighted by molar-refractivity contribution is 7.20. The lowest BCUT2D eigenvalue weighted by atomic mass is 10.2. The average molecular weight is 348 g/mol. The molecule has 0 amide bonds. The topological polar surface area (TPSA) is 83.6 Å². The van der Waals surface area contributed by atoms with E-state index in [0.717, 1.165) is 15.9 Å². The minimum Gasteiger partial charge on any atom is -0.465 e. The number of methoxy groups -OCH3 is 1. The molecule has 0 unspecified atom stereocenters. The Morgan fingerprint density at radius 3 is 2.71 bits per heavy atom. The van der Waals surface area contributed by atoms with Crippen LogP contribution in [-0.2, 0) is 23.1 Å². The number of hydrogen-bond acceptors (Lipinski definition) is 7. The first-order valence-electron chi connectivity index (χ1n) is 7.18. The van der Waals surface area contributed by atoms with Gasteiger partial charge < -0.3 is 13.9 Å². The van der Waals surface area contributed by atoms with Gasteiger partial charge in [-0.3, -0.25) is 4.68 Å².